The van der Waals surface area contributed by atoms with Gasteiger partial charge in [0.15, 0.2) is 11.4 Å². The first-order valence-corrected chi connectivity index (χ1v) is 10.4. The Labute approximate surface area is 174 Å². The van der Waals surface area contributed by atoms with Gasteiger partial charge in [0.2, 0.25) is 0 Å². The van der Waals surface area contributed by atoms with Gasteiger partial charge in [-0.3, -0.25) is 9.59 Å². The SMILES string of the molecule is CCCCN1C(=O)[C@@](O)(CC(=O)c2cc(C)c(C)cc2C)c2cc(Br)ccc21. The van der Waals surface area contributed by atoms with Crippen molar-refractivity contribution in [3.05, 3.63) is 62.6 Å². The molecule has 0 unspecified atom stereocenters. The Morgan fingerprint density at radius 2 is 1.79 bits per heavy atom. The van der Waals surface area contributed by atoms with Crippen molar-refractivity contribution in [1.29, 1.82) is 0 Å². The van der Waals surface area contributed by atoms with Crippen LogP contribution in [0.25, 0.3) is 0 Å². The van der Waals surface area contributed by atoms with E-state index in [0.717, 1.165) is 34.0 Å². The van der Waals surface area contributed by atoms with E-state index in [-0.39, 0.29) is 12.2 Å². The summed E-state index contributed by atoms with van der Waals surface area (Å²) in [4.78, 5) is 27.9. The highest BCUT2D eigenvalue weighted by atomic mass is 79.9. The molecule has 5 heteroatoms. The number of nitrogens with zero attached hydrogens (tertiary/aromatic N) is 1. The molecule has 0 saturated carbocycles. The molecule has 1 amide bonds. The number of hydrogen-bond donors (Lipinski definition) is 1. The standard InChI is InChI=1S/C23H26BrNO3/c1-5-6-9-25-20-8-7-17(24)12-19(20)23(28,22(25)27)13-21(26)18-11-15(3)14(2)10-16(18)4/h7-8,10-12,28H,5-6,9,13H2,1-4H3/t23-/m1/s1. The Balaban J connectivity index is 2.01. The zero-order valence-electron chi connectivity index (χ0n) is 16.8. The number of hydrogen-bond acceptors (Lipinski definition) is 3. The molecule has 3 rings (SSSR count). The highest BCUT2D eigenvalue weighted by Crippen LogP contribution is 2.44. The Hall–Kier alpha value is -1.98. The van der Waals surface area contributed by atoms with E-state index in [9.17, 15) is 14.7 Å². The summed E-state index contributed by atoms with van der Waals surface area (Å²) in [5.74, 6) is -0.636. The average molecular weight is 444 g/mol. The lowest BCUT2D eigenvalue weighted by Crippen LogP contribution is -2.42. The maximum Gasteiger partial charge on any atom is 0.264 e. The lowest BCUT2D eigenvalue weighted by molar-refractivity contribution is -0.135. The number of halogens is 1. The number of aryl methyl sites for hydroxylation is 3. The number of unbranched alkanes of at least 4 members (excludes halogenated alkanes) is 1. The molecule has 1 aliphatic rings. The van der Waals surface area contributed by atoms with Crippen LogP contribution < -0.4 is 4.90 Å². The van der Waals surface area contributed by atoms with Crippen LogP contribution in [0.3, 0.4) is 0 Å². The number of aliphatic hydroxyl groups is 1. The third kappa shape index (κ3) is 3.53. The van der Waals surface area contributed by atoms with Crippen molar-refractivity contribution in [2.75, 3.05) is 11.4 Å². The van der Waals surface area contributed by atoms with Gasteiger partial charge in [0, 0.05) is 22.1 Å². The molecule has 4 nitrogen and oxygen atoms in total. The van der Waals surface area contributed by atoms with Crippen LogP contribution in [0.5, 0.6) is 0 Å². The second-order valence-corrected chi connectivity index (χ2v) is 8.60. The Morgan fingerprint density at radius 1 is 1.11 bits per heavy atom. The molecule has 0 aliphatic carbocycles. The van der Waals surface area contributed by atoms with Gasteiger partial charge < -0.3 is 10.0 Å². The van der Waals surface area contributed by atoms with Crippen molar-refractivity contribution >= 4 is 33.3 Å². The molecule has 0 radical (unpaired) electrons. The van der Waals surface area contributed by atoms with Crippen LogP contribution in [0.2, 0.25) is 0 Å². The predicted molar refractivity (Wildman–Crippen MR) is 115 cm³/mol. The van der Waals surface area contributed by atoms with Gasteiger partial charge in [0.05, 0.1) is 12.1 Å². The normalized spacial score (nSPS) is 18.5. The Morgan fingerprint density at radius 3 is 2.46 bits per heavy atom. The number of benzene rings is 2. The predicted octanol–water partition coefficient (Wildman–Crippen LogP) is 4.98. The van der Waals surface area contributed by atoms with Gasteiger partial charge in [-0.25, -0.2) is 0 Å². The summed E-state index contributed by atoms with van der Waals surface area (Å²) in [5, 5.41) is 11.4. The van der Waals surface area contributed by atoms with Crippen LogP contribution in [0.1, 0.15) is 58.8 Å². The fraction of sp³-hybridized carbons (Fsp3) is 0.391. The molecule has 0 spiro atoms. The van der Waals surface area contributed by atoms with Crippen LogP contribution in [0, 0.1) is 20.8 Å². The fourth-order valence-corrected chi connectivity index (χ4v) is 4.18. The maximum atomic E-state index is 13.2. The second-order valence-electron chi connectivity index (χ2n) is 7.68. The fourth-order valence-electron chi connectivity index (χ4n) is 3.82. The molecular weight excluding hydrogens is 418 g/mol. The van der Waals surface area contributed by atoms with Gasteiger partial charge in [0.25, 0.3) is 5.91 Å². The van der Waals surface area contributed by atoms with Gasteiger partial charge in [-0.05, 0) is 68.1 Å². The van der Waals surface area contributed by atoms with Crippen LogP contribution in [-0.4, -0.2) is 23.3 Å². The topological polar surface area (TPSA) is 57.6 Å². The smallest absolute Gasteiger partial charge is 0.264 e. The molecule has 0 fully saturated rings. The number of rotatable bonds is 6. The van der Waals surface area contributed by atoms with Crippen molar-refractivity contribution in [3.63, 3.8) is 0 Å². The van der Waals surface area contributed by atoms with Crippen molar-refractivity contribution in [2.45, 2.75) is 52.6 Å². The Kier molecular flexibility index (Phi) is 5.78. The molecule has 1 heterocycles. The van der Waals surface area contributed by atoms with E-state index < -0.39 is 11.5 Å². The highest BCUT2D eigenvalue weighted by Gasteiger charge is 2.50. The van der Waals surface area contributed by atoms with E-state index in [4.69, 9.17) is 0 Å². The number of Topliss-reactive ketones (excluding diaryl/α,β-unsaturated/α-hetero) is 1. The number of carbonyl (C=O) groups is 2. The number of amides is 1. The molecule has 0 bridgehead atoms. The highest BCUT2D eigenvalue weighted by molar-refractivity contribution is 9.10. The largest absolute Gasteiger partial charge is 0.375 e. The molecule has 0 aromatic heterocycles. The third-order valence-corrected chi connectivity index (χ3v) is 6.08. The lowest BCUT2D eigenvalue weighted by atomic mass is 9.86. The minimum Gasteiger partial charge on any atom is -0.375 e. The molecule has 28 heavy (non-hydrogen) atoms. The van der Waals surface area contributed by atoms with Crippen molar-refractivity contribution < 1.29 is 14.7 Å². The first-order valence-electron chi connectivity index (χ1n) is 9.64. The van der Waals surface area contributed by atoms with Gasteiger partial charge in [0.1, 0.15) is 0 Å². The van der Waals surface area contributed by atoms with Crippen LogP contribution in [0.4, 0.5) is 5.69 Å². The molecule has 0 saturated heterocycles. The summed E-state index contributed by atoms with van der Waals surface area (Å²) in [7, 11) is 0. The first kappa shape index (κ1) is 20.7. The van der Waals surface area contributed by atoms with Gasteiger partial charge in [-0.15, -0.1) is 0 Å². The summed E-state index contributed by atoms with van der Waals surface area (Å²) < 4.78 is 0.768. The zero-order chi connectivity index (χ0) is 20.6. The minimum atomic E-state index is -1.84. The van der Waals surface area contributed by atoms with E-state index in [1.54, 1.807) is 11.0 Å². The van der Waals surface area contributed by atoms with E-state index >= 15 is 0 Å². The number of ketones is 1. The van der Waals surface area contributed by atoms with E-state index in [0.29, 0.717) is 23.4 Å². The lowest BCUT2D eigenvalue weighted by Gasteiger charge is -2.23. The average Bonchev–Trinajstić information content (AvgIpc) is 2.83. The second kappa shape index (κ2) is 7.80. The third-order valence-electron chi connectivity index (χ3n) is 5.59. The summed E-state index contributed by atoms with van der Waals surface area (Å²) in [6.45, 7) is 8.44. The maximum absolute atomic E-state index is 13.2. The summed E-state index contributed by atoms with van der Waals surface area (Å²) in [5.41, 5.74) is 2.91. The van der Waals surface area contributed by atoms with Gasteiger partial charge in [-0.1, -0.05) is 35.3 Å². The van der Waals surface area contributed by atoms with Crippen molar-refractivity contribution in [2.24, 2.45) is 0 Å². The van der Waals surface area contributed by atoms with Crippen molar-refractivity contribution in [3.8, 4) is 0 Å². The number of carbonyl (C=O) groups excluding carboxylic acids is 2. The summed E-state index contributed by atoms with van der Waals surface area (Å²) in [6, 6.07) is 9.26. The van der Waals surface area contributed by atoms with Crippen LogP contribution in [-0.2, 0) is 10.4 Å². The zero-order valence-corrected chi connectivity index (χ0v) is 18.4. The molecular formula is C23H26BrNO3. The van der Waals surface area contributed by atoms with Crippen LogP contribution >= 0.6 is 15.9 Å². The molecule has 2 aromatic rings. The monoisotopic (exact) mass is 443 g/mol. The van der Waals surface area contributed by atoms with Gasteiger partial charge >= 0.3 is 0 Å². The summed E-state index contributed by atoms with van der Waals surface area (Å²) >= 11 is 3.42. The van der Waals surface area contributed by atoms with E-state index in [1.165, 1.54) is 0 Å². The molecule has 1 N–H and O–H groups in total. The minimum absolute atomic E-state index is 0.222. The molecule has 1 aliphatic heterocycles. The quantitative estimate of drug-likeness (QED) is 0.640. The van der Waals surface area contributed by atoms with E-state index in [1.807, 2.05) is 45.0 Å². The molecule has 1 atom stereocenters. The molecule has 2 aromatic carbocycles. The summed E-state index contributed by atoms with van der Waals surface area (Å²) in [6.07, 6.45) is 1.51. The first-order chi connectivity index (χ1) is 13.2. The number of fused-ring (bicyclic) bond motifs is 1. The van der Waals surface area contributed by atoms with Gasteiger partial charge in [-0.2, -0.15) is 0 Å². The molecule has 148 valence electrons. The van der Waals surface area contributed by atoms with Crippen LogP contribution in [0.15, 0.2) is 34.8 Å². The number of anilines is 1. The van der Waals surface area contributed by atoms with Crippen molar-refractivity contribution in [1.82, 2.24) is 0 Å². The Bertz CT molecular complexity index is 953. The van der Waals surface area contributed by atoms with E-state index in [2.05, 4.69) is 22.9 Å².